The molecule has 1 saturated carbocycles. The molecule has 88 valence electrons. The zero-order valence-electron chi connectivity index (χ0n) is 9.37. The first-order valence-corrected chi connectivity index (χ1v) is 5.78. The molecule has 0 atom stereocenters. The minimum atomic E-state index is -0.327. The Morgan fingerprint density at radius 3 is 2.81 bits per heavy atom. The summed E-state index contributed by atoms with van der Waals surface area (Å²) < 4.78 is 5.17. The predicted octanol–water partition coefficient (Wildman–Crippen LogP) is 1.41. The Labute approximate surface area is 95.2 Å². The molecular weight excluding hydrogens is 204 g/mol. The SMILES string of the molecule is NCC1(C(=O)NCc2ccco2)CCCC1. The third-order valence-corrected chi connectivity index (χ3v) is 3.44. The summed E-state index contributed by atoms with van der Waals surface area (Å²) >= 11 is 0. The highest BCUT2D eigenvalue weighted by molar-refractivity contribution is 5.83. The van der Waals surface area contributed by atoms with Gasteiger partial charge in [-0.15, -0.1) is 0 Å². The van der Waals surface area contributed by atoms with Crippen LogP contribution in [0, 0.1) is 5.41 Å². The van der Waals surface area contributed by atoms with Crippen molar-refractivity contribution in [3.05, 3.63) is 24.2 Å². The highest BCUT2D eigenvalue weighted by atomic mass is 16.3. The van der Waals surface area contributed by atoms with Gasteiger partial charge in [-0.1, -0.05) is 12.8 Å². The van der Waals surface area contributed by atoms with Gasteiger partial charge in [-0.3, -0.25) is 4.79 Å². The van der Waals surface area contributed by atoms with E-state index in [4.69, 9.17) is 10.2 Å². The molecule has 1 aliphatic carbocycles. The van der Waals surface area contributed by atoms with E-state index in [-0.39, 0.29) is 11.3 Å². The maximum atomic E-state index is 12.1. The average molecular weight is 222 g/mol. The van der Waals surface area contributed by atoms with E-state index < -0.39 is 0 Å². The topological polar surface area (TPSA) is 68.3 Å². The van der Waals surface area contributed by atoms with Crippen LogP contribution < -0.4 is 11.1 Å². The molecule has 1 aromatic heterocycles. The molecule has 1 aromatic rings. The second-order valence-corrected chi connectivity index (χ2v) is 4.45. The van der Waals surface area contributed by atoms with Crippen LogP contribution in [0.15, 0.2) is 22.8 Å². The molecular formula is C12H18N2O2. The van der Waals surface area contributed by atoms with Crippen molar-refractivity contribution in [3.8, 4) is 0 Å². The van der Waals surface area contributed by atoms with E-state index in [0.29, 0.717) is 13.1 Å². The molecule has 0 spiro atoms. The lowest BCUT2D eigenvalue weighted by Gasteiger charge is -2.25. The van der Waals surface area contributed by atoms with Crippen LogP contribution in [0.4, 0.5) is 0 Å². The number of hydrogen-bond acceptors (Lipinski definition) is 3. The van der Waals surface area contributed by atoms with Gasteiger partial charge in [0.15, 0.2) is 0 Å². The molecule has 1 aliphatic rings. The highest BCUT2D eigenvalue weighted by Crippen LogP contribution is 2.37. The summed E-state index contributed by atoms with van der Waals surface area (Å²) in [6.45, 7) is 0.893. The number of rotatable bonds is 4. The van der Waals surface area contributed by atoms with E-state index in [1.165, 1.54) is 0 Å². The summed E-state index contributed by atoms with van der Waals surface area (Å²) in [5.74, 6) is 0.849. The van der Waals surface area contributed by atoms with Crippen LogP contribution in [0.25, 0.3) is 0 Å². The van der Waals surface area contributed by atoms with E-state index in [9.17, 15) is 4.79 Å². The van der Waals surface area contributed by atoms with Gasteiger partial charge in [0, 0.05) is 6.54 Å². The smallest absolute Gasteiger partial charge is 0.227 e. The van der Waals surface area contributed by atoms with Crippen LogP contribution in [0.3, 0.4) is 0 Å². The number of amides is 1. The van der Waals surface area contributed by atoms with Crippen molar-refractivity contribution < 1.29 is 9.21 Å². The molecule has 0 bridgehead atoms. The fourth-order valence-electron chi connectivity index (χ4n) is 2.34. The first-order valence-electron chi connectivity index (χ1n) is 5.78. The Morgan fingerprint density at radius 1 is 1.50 bits per heavy atom. The van der Waals surface area contributed by atoms with Gasteiger partial charge in [-0.2, -0.15) is 0 Å². The van der Waals surface area contributed by atoms with Crippen LogP contribution in [-0.4, -0.2) is 12.5 Å². The number of hydrogen-bond donors (Lipinski definition) is 2. The predicted molar refractivity (Wildman–Crippen MR) is 60.5 cm³/mol. The Balaban J connectivity index is 1.91. The monoisotopic (exact) mass is 222 g/mol. The van der Waals surface area contributed by atoms with Crippen molar-refractivity contribution in [1.82, 2.24) is 5.32 Å². The summed E-state index contributed by atoms with van der Waals surface area (Å²) in [4.78, 5) is 12.1. The molecule has 2 rings (SSSR count). The Kier molecular flexibility index (Phi) is 3.29. The number of carbonyl (C=O) groups excluding carboxylic acids is 1. The van der Waals surface area contributed by atoms with Gasteiger partial charge < -0.3 is 15.5 Å². The lowest BCUT2D eigenvalue weighted by atomic mass is 9.85. The van der Waals surface area contributed by atoms with Gasteiger partial charge in [-0.25, -0.2) is 0 Å². The molecule has 1 heterocycles. The van der Waals surface area contributed by atoms with Gasteiger partial charge in [0.1, 0.15) is 5.76 Å². The van der Waals surface area contributed by atoms with Crippen LogP contribution >= 0.6 is 0 Å². The fraction of sp³-hybridized carbons (Fsp3) is 0.583. The largest absolute Gasteiger partial charge is 0.467 e. The van der Waals surface area contributed by atoms with Gasteiger partial charge >= 0.3 is 0 Å². The van der Waals surface area contributed by atoms with E-state index in [1.807, 2.05) is 12.1 Å². The van der Waals surface area contributed by atoms with Crippen molar-refractivity contribution in [3.63, 3.8) is 0 Å². The fourth-order valence-corrected chi connectivity index (χ4v) is 2.34. The van der Waals surface area contributed by atoms with E-state index in [1.54, 1.807) is 6.26 Å². The maximum Gasteiger partial charge on any atom is 0.227 e. The summed E-state index contributed by atoms with van der Waals surface area (Å²) in [7, 11) is 0. The molecule has 4 heteroatoms. The first kappa shape index (κ1) is 11.2. The van der Waals surface area contributed by atoms with Crippen molar-refractivity contribution in [2.45, 2.75) is 32.2 Å². The molecule has 1 amide bonds. The third-order valence-electron chi connectivity index (χ3n) is 3.44. The zero-order valence-corrected chi connectivity index (χ0v) is 9.37. The molecule has 0 radical (unpaired) electrons. The molecule has 0 aliphatic heterocycles. The number of nitrogens with one attached hydrogen (secondary N) is 1. The standard InChI is InChI=1S/C12H18N2O2/c13-9-12(5-1-2-6-12)11(15)14-8-10-4-3-7-16-10/h3-4,7H,1-2,5-6,8-9,13H2,(H,14,15). The van der Waals surface area contributed by atoms with Crippen molar-refractivity contribution >= 4 is 5.91 Å². The van der Waals surface area contributed by atoms with E-state index >= 15 is 0 Å². The lowest BCUT2D eigenvalue weighted by molar-refractivity contribution is -0.130. The number of nitrogens with two attached hydrogens (primary N) is 1. The maximum absolute atomic E-state index is 12.1. The summed E-state index contributed by atoms with van der Waals surface area (Å²) in [5.41, 5.74) is 5.41. The van der Waals surface area contributed by atoms with Gasteiger partial charge in [0.25, 0.3) is 0 Å². The van der Waals surface area contributed by atoms with Crippen molar-refractivity contribution in [1.29, 1.82) is 0 Å². The third kappa shape index (κ3) is 2.11. The van der Waals surface area contributed by atoms with Gasteiger partial charge in [0.2, 0.25) is 5.91 Å². The summed E-state index contributed by atoms with van der Waals surface area (Å²) in [6, 6.07) is 3.67. The zero-order chi connectivity index (χ0) is 11.4. The van der Waals surface area contributed by atoms with Gasteiger partial charge in [0.05, 0.1) is 18.2 Å². The molecule has 0 aromatic carbocycles. The second-order valence-electron chi connectivity index (χ2n) is 4.45. The first-order chi connectivity index (χ1) is 7.77. The quantitative estimate of drug-likeness (QED) is 0.809. The number of carbonyl (C=O) groups is 1. The lowest BCUT2D eigenvalue weighted by Crippen LogP contribution is -2.43. The van der Waals surface area contributed by atoms with E-state index in [2.05, 4.69) is 5.32 Å². The normalized spacial score (nSPS) is 18.6. The van der Waals surface area contributed by atoms with Crippen LogP contribution in [0.5, 0.6) is 0 Å². The minimum Gasteiger partial charge on any atom is -0.467 e. The average Bonchev–Trinajstić information content (AvgIpc) is 2.97. The molecule has 4 nitrogen and oxygen atoms in total. The van der Waals surface area contributed by atoms with Crippen molar-refractivity contribution in [2.75, 3.05) is 6.54 Å². The molecule has 3 N–H and O–H groups in total. The van der Waals surface area contributed by atoms with Crippen LogP contribution in [-0.2, 0) is 11.3 Å². The van der Waals surface area contributed by atoms with E-state index in [0.717, 1.165) is 31.4 Å². The molecule has 1 fully saturated rings. The molecule has 0 saturated heterocycles. The second kappa shape index (κ2) is 4.70. The minimum absolute atomic E-state index is 0.0731. The Morgan fingerprint density at radius 2 is 2.25 bits per heavy atom. The van der Waals surface area contributed by atoms with Crippen LogP contribution in [0.1, 0.15) is 31.4 Å². The molecule has 16 heavy (non-hydrogen) atoms. The number of furan rings is 1. The Hall–Kier alpha value is -1.29. The van der Waals surface area contributed by atoms with Crippen LogP contribution in [0.2, 0.25) is 0 Å². The molecule has 0 unspecified atom stereocenters. The Bertz CT molecular complexity index is 340. The van der Waals surface area contributed by atoms with Gasteiger partial charge in [-0.05, 0) is 25.0 Å². The summed E-state index contributed by atoms with van der Waals surface area (Å²) in [6.07, 6.45) is 5.63. The van der Waals surface area contributed by atoms with Crippen molar-refractivity contribution in [2.24, 2.45) is 11.1 Å². The summed E-state index contributed by atoms with van der Waals surface area (Å²) in [5, 5.41) is 2.91. The highest BCUT2D eigenvalue weighted by Gasteiger charge is 2.39.